The fraction of sp³-hybridized carbons (Fsp3) is 0.304. The van der Waals surface area contributed by atoms with Crippen LogP contribution in [0.25, 0.3) is 0 Å². The predicted molar refractivity (Wildman–Crippen MR) is 115 cm³/mol. The predicted octanol–water partition coefficient (Wildman–Crippen LogP) is 3.62. The number of aliphatic imine (C=N–C) groups is 1. The Morgan fingerprint density at radius 1 is 1.00 bits per heavy atom. The first-order valence-electron chi connectivity index (χ1n) is 9.93. The highest BCUT2D eigenvalue weighted by atomic mass is 15.2. The van der Waals surface area contributed by atoms with Crippen LogP contribution in [0.4, 0.5) is 0 Å². The molecule has 0 aliphatic rings. The summed E-state index contributed by atoms with van der Waals surface area (Å²) in [4.78, 5) is 8.84. The number of aryl methyl sites for hydroxylation is 1. The van der Waals surface area contributed by atoms with Gasteiger partial charge in [0.1, 0.15) is 0 Å². The van der Waals surface area contributed by atoms with Crippen LogP contribution in [0.5, 0.6) is 0 Å². The summed E-state index contributed by atoms with van der Waals surface area (Å²) in [5.74, 6) is 0.871. The molecule has 3 rings (SSSR count). The quantitative estimate of drug-likeness (QED) is 0.341. The largest absolute Gasteiger partial charge is 0.357 e. The van der Waals surface area contributed by atoms with Crippen molar-refractivity contribution in [1.29, 1.82) is 0 Å². The smallest absolute Gasteiger partial charge is 0.191 e. The second-order valence-electron chi connectivity index (χ2n) is 6.77. The maximum Gasteiger partial charge on any atom is 0.191 e. The first-order valence-corrected chi connectivity index (χ1v) is 9.93. The van der Waals surface area contributed by atoms with E-state index >= 15 is 0 Å². The molecule has 2 N–H and O–H groups in total. The van der Waals surface area contributed by atoms with Crippen molar-refractivity contribution >= 4 is 5.96 Å². The van der Waals surface area contributed by atoms with Gasteiger partial charge >= 0.3 is 0 Å². The average Bonchev–Trinajstić information content (AvgIpc) is 3.23. The Balaban J connectivity index is 1.50. The lowest BCUT2D eigenvalue weighted by Crippen LogP contribution is -2.37. The first-order chi connectivity index (χ1) is 13.8. The molecule has 0 fully saturated rings. The Kier molecular flexibility index (Phi) is 7.67. The van der Waals surface area contributed by atoms with Gasteiger partial charge in [-0.25, -0.2) is 9.98 Å². The molecule has 0 aliphatic heterocycles. The van der Waals surface area contributed by atoms with E-state index in [4.69, 9.17) is 4.99 Å². The fourth-order valence-electron chi connectivity index (χ4n) is 3.07. The third-order valence-corrected chi connectivity index (χ3v) is 4.46. The van der Waals surface area contributed by atoms with Crippen LogP contribution in [0.2, 0.25) is 0 Å². The number of hydrogen-bond donors (Lipinski definition) is 2. The summed E-state index contributed by atoms with van der Waals surface area (Å²) >= 11 is 0. The Bertz CT molecular complexity index is 840. The monoisotopic (exact) mass is 375 g/mol. The zero-order valence-electron chi connectivity index (χ0n) is 16.5. The summed E-state index contributed by atoms with van der Waals surface area (Å²) in [5, 5.41) is 6.77. The number of aromatic nitrogens is 2. The van der Waals surface area contributed by atoms with E-state index < -0.39 is 0 Å². The summed E-state index contributed by atoms with van der Waals surface area (Å²) < 4.78 is 2.07. The van der Waals surface area contributed by atoms with Crippen molar-refractivity contribution in [2.45, 2.75) is 32.9 Å². The molecule has 28 heavy (non-hydrogen) atoms. The van der Waals surface area contributed by atoms with Crippen molar-refractivity contribution in [3.05, 3.63) is 90.0 Å². The molecule has 0 unspecified atom stereocenters. The molecule has 0 bridgehead atoms. The van der Waals surface area contributed by atoms with Crippen molar-refractivity contribution in [3.8, 4) is 0 Å². The highest BCUT2D eigenvalue weighted by Crippen LogP contribution is 2.08. The number of hydrogen-bond acceptors (Lipinski definition) is 2. The standard InChI is InChI=1S/C23H29N5/c1-2-25-23(26-13-7-12-20-8-4-3-5-9-20)27-17-21-10-6-11-22(16-21)18-28-15-14-24-19-28/h3-6,8-11,14-16,19H,2,7,12-13,17-18H2,1H3,(H2,25,26,27). The van der Waals surface area contributed by atoms with Gasteiger partial charge in [0.2, 0.25) is 0 Å². The van der Waals surface area contributed by atoms with Gasteiger partial charge in [0.15, 0.2) is 5.96 Å². The zero-order valence-corrected chi connectivity index (χ0v) is 16.5. The fourth-order valence-corrected chi connectivity index (χ4v) is 3.07. The van der Waals surface area contributed by atoms with Gasteiger partial charge in [-0.1, -0.05) is 54.6 Å². The second-order valence-corrected chi connectivity index (χ2v) is 6.77. The van der Waals surface area contributed by atoms with E-state index in [1.807, 2.05) is 12.5 Å². The van der Waals surface area contributed by atoms with Crippen LogP contribution in [0.3, 0.4) is 0 Å². The molecule has 0 aliphatic carbocycles. The maximum absolute atomic E-state index is 4.74. The van der Waals surface area contributed by atoms with Gasteiger partial charge in [0.05, 0.1) is 12.9 Å². The first kappa shape index (κ1) is 19.7. The SMILES string of the molecule is CCNC(=NCc1cccc(Cn2ccnc2)c1)NCCCc1ccccc1. The lowest BCUT2D eigenvalue weighted by atomic mass is 10.1. The van der Waals surface area contributed by atoms with Crippen LogP contribution in [0.15, 0.2) is 78.3 Å². The Hall–Kier alpha value is -3.08. The van der Waals surface area contributed by atoms with Gasteiger partial charge in [-0.2, -0.15) is 0 Å². The molecule has 5 nitrogen and oxygen atoms in total. The maximum atomic E-state index is 4.74. The van der Waals surface area contributed by atoms with Crippen molar-refractivity contribution in [3.63, 3.8) is 0 Å². The van der Waals surface area contributed by atoms with Gasteiger partial charge in [0, 0.05) is 32.0 Å². The molecule has 146 valence electrons. The van der Waals surface area contributed by atoms with Crippen molar-refractivity contribution in [2.24, 2.45) is 4.99 Å². The minimum absolute atomic E-state index is 0.659. The molecule has 0 radical (unpaired) electrons. The minimum Gasteiger partial charge on any atom is -0.357 e. The van der Waals surface area contributed by atoms with Crippen molar-refractivity contribution in [2.75, 3.05) is 13.1 Å². The van der Waals surface area contributed by atoms with Crippen LogP contribution in [0.1, 0.15) is 30.0 Å². The van der Waals surface area contributed by atoms with Crippen LogP contribution < -0.4 is 10.6 Å². The van der Waals surface area contributed by atoms with Crippen molar-refractivity contribution in [1.82, 2.24) is 20.2 Å². The van der Waals surface area contributed by atoms with Crippen molar-refractivity contribution < 1.29 is 0 Å². The molecule has 0 saturated heterocycles. The number of guanidine groups is 1. The Labute approximate surface area is 167 Å². The van der Waals surface area contributed by atoms with Crippen LogP contribution in [-0.2, 0) is 19.5 Å². The van der Waals surface area contributed by atoms with E-state index in [-0.39, 0.29) is 0 Å². The molecule has 0 atom stereocenters. The molecule has 0 spiro atoms. The van der Waals surface area contributed by atoms with Gasteiger partial charge < -0.3 is 15.2 Å². The molecule has 1 aromatic heterocycles. The Morgan fingerprint density at radius 2 is 1.82 bits per heavy atom. The van der Waals surface area contributed by atoms with Gasteiger partial charge in [-0.05, 0) is 36.5 Å². The van der Waals surface area contributed by atoms with Crippen LogP contribution in [0, 0.1) is 0 Å². The van der Waals surface area contributed by atoms with Crippen LogP contribution >= 0.6 is 0 Å². The normalized spacial score (nSPS) is 11.4. The lowest BCUT2D eigenvalue weighted by Gasteiger charge is -2.11. The summed E-state index contributed by atoms with van der Waals surface area (Å²) in [7, 11) is 0. The molecule has 2 aromatic carbocycles. The number of rotatable bonds is 9. The molecule has 0 saturated carbocycles. The van der Waals surface area contributed by atoms with E-state index in [0.29, 0.717) is 6.54 Å². The summed E-state index contributed by atoms with van der Waals surface area (Å²) in [6.07, 6.45) is 7.78. The van der Waals surface area contributed by atoms with E-state index in [1.165, 1.54) is 16.7 Å². The molecule has 1 heterocycles. The lowest BCUT2D eigenvalue weighted by molar-refractivity contribution is 0.743. The third-order valence-electron chi connectivity index (χ3n) is 4.46. The summed E-state index contributed by atoms with van der Waals surface area (Å²) in [5.41, 5.74) is 3.84. The number of nitrogens with one attached hydrogen (secondary N) is 2. The number of imidazole rings is 1. The highest BCUT2D eigenvalue weighted by Gasteiger charge is 2.00. The summed E-state index contributed by atoms with van der Waals surface area (Å²) in [6, 6.07) is 19.2. The van der Waals surface area contributed by atoms with Gasteiger partial charge in [0.25, 0.3) is 0 Å². The third kappa shape index (κ3) is 6.58. The van der Waals surface area contributed by atoms with Gasteiger partial charge in [-0.15, -0.1) is 0 Å². The molecular formula is C23H29N5. The number of nitrogens with zero attached hydrogens (tertiary/aromatic N) is 3. The molecule has 0 amide bonds. The average molecular weight is 376 g/mol. The number of benzene rings is 2. The minimum atomic E-state index is 0.659. The topological polar surface area (TPSA) is 54.2 Å². The van der Waals surface area contributed by atoms with Gasteiger partial charge in [-0.3, -0.25) is 0 Å². The highest BCUT2D eigenvalue weighted by molar-refractivity contribution is 5.79. The van der Waals surface area contributed by atoms with E-state index in [1.54, 1.807) is 6.20 Å². The van der Waals surface area contributed by atoms with E-state index in [2.05, 4.69) is 81.7 Å². The van der Waals surface area contributed by atoms with E-state index in [0.717, 1.165) is 38.4 Å². The zero-order chi connectivity index (χ0) is 19.4. The van der Waals surface area contributed by atoms with Crippen LogP contribution in [-0.4, -0.2) is 28.6 Å². The van der Waals surface area contributed by atoms with E-state index in [9.17, 15) is 0 Å². The summed E-state index contributed by atoms with van der Waals surface area (Å²) in [6.45, 7) is 5.33. The Morgan fingerprint density at radius 3 is 2.61 bits per heavy atom. The molecular weight excluding hydrogens is 346 g/mol. The molecule has 3 aromatic rings. The second kappa shape index (κ2) is 10.9. The molecule has 5 heteroatoms.